The second kappa shape index (κ2) is 10.8. The maximum absolute atomic E-state index is 14.6. The lowest BCUT2D eigenvalue weighted by atomic mass is 9.87. The lowest BCUT2D eigenvalue weighted by molar-refractivity contribution is -0.142. The summed E-state index contributed by atoms with van der Waals surface area (Å²) in [6, 6.07) is 0.0577. The first kappa shape index (κ1) is 29.2. The van der Waals surface area contributed by atoms with Gasteiger partial charge in [-0.15, -0.1) is 11.6 Å². The average molecular weight is 589 g/mol. The van der Waals surface area contributed by atoms with E-state index in [1.54, 1.807) is 4.90 Å². The standard InChI is InChI=1S/C28H37ClF4N4O3/c1-27(2,3)40-26(39)37-19-6-7-20(37)11-16(10-19)12-24(38)35-9-8-21-23(15-35)36(34-25(21)28(31,32)33)14-17-4-5-18(29)13-22(17)30/h13,16-20H,4-12,14-15H2,1-3H3. The number of alkyl halides is 4. The van der Waals surface area contributed by atoms with Crippen molar-refractivity contribution in [2.24, 2.45) is 11.8 Å². The number of carbonyl (C=O) groups is 2. The quantitative estimate of drug-likeness (QED) is 0.309. The molecule has 222 valence electrons. The zero-order valence-corrected chi connectivity index (χ0v) is 23.9. The van der Waals surface area contributed by atoms with E-state index in [4.69, 9.17) is 16.3 Å². The molecule has 1 aromatic heterocycles. The lowest BCUT2D eigenvalue weighted by Crippen LogP contribution is -2.49. The van der Waals surface area contributed by atoms with Crippen molar-refractivity contribution < 1.29 is 31.9 Å². The van der Waals surface area contributed by atoms with E-state index in [0.717, 1.165) is 12.8 Å². The minimum atomic E-state index is -4.63. The van der Waals surface area contributed by atoms with Crippen LogP contribution in [-0.2, 0) is 35.2 Å². The molecule has 2 bridgehead atoms. The van der Waals surface area contributed by atoms with Crippen molar-refractivity contribution in [1.82, 2.24) is 19.6 Å². The third-order valence-corrected chi connectivity index (χ3v) is 8.92. The number of fused-ring (bicyclic) bond motifs is 3. The van der Waals surface area contributed by atoms with Crippen LogP contribution in [0, 0.1) is 11.8 Å². The summed E-state index contributed by atoms with van der Waals surface area (Å²) in [6.45, 7) is 5.67. The minimum Gasteiger partial charge on any atom is -0.444 e. The fourth-order valence-corrected chi connectivity index (χ4v) is 7.04. The molecule has 4 atom stereocenters. The van der Waals surface area contributed by atoms with Crippen LogP contribution in [0.2, 0.25) is 0 Å². The number of aromatic nitrogens is 2. The molecule has 0 spiro atoms. The van der Waals surface area contributed by atoms with E-state index < -0.39 is 34.6 Å². The van der Waals surface area contributed by atoms with E-state index in [1.165, 1.54) is 10.8 Å². The molecule has 0 aromatic carbocycles. The second-order valence-electron chi connectivity index (χ2n) is 12.7. The van der Waals surface area contributed by atoms with Crippen LogP contribution in [-0.4, -0.2) is 61.2 Å². The largest absolute Gasteiger partial charge is 0.444 e. The van der Waals surface area contributed by atoms with Crippen molar-refractivity contribution in [2.75, 3.05) is 6.54 Å². The normalized spacial score (nSPS) is 28.8. The Labute approximate surface area is 236 Å². The number of nitrogens with zero attached hydrogens (tertiary/aromatic N) is 4. The van der Waals surface area contributed by atoms with Crippen LogP contribution in [0.25, 0.3) is 0 Å². The Kier molecular flexibility index (Phi) is 7.91. The van der Waals surface area contributed by atoms with Crippen molar-refractivity contribution in [3.63, 3.8) is 0 Å². The Bertz CT molecular complexity index is 1160. The van der Waals surface area contributed by atoms with Crippen molar-refractivity contribution >= 4 is 23.6 Å². The van der Waals surface area contributed by atoms with Gasteiger partial charge in [0.2, 0.25) is 5.91 Å². The van der Waals surface area contributed by atoms with Gasteiger partial charge in [0.15, 0.2) is 5.69 Å². The van der Waals surface area contributed by atoms with Crippen LogP contribution in [0.5, 0.6) is 0 Å². The number of piperidine rings is 1. The molecule has 40 heavy (non-hydrogen) atoms. The number of hydrogen-bond donors (Lipinski definition) is 0. The van der Waals surface area contributed by atoms with Gasteiger partial charge in [-0.25, -0.2) is 9.18 Å². The van der Waals surface area contributed by atoms with Gasteiger partial charge in [0, 0.05) is 36.5 Å². The van der Waals surface area contributed by atoms with Crippen molar-refractivity contribution in [3.8, 4) is 0 Å². The fourth-order valence-electron chi connectivity index (χ4n) is 6.79. The monoisotopic (exact) mass is 588 g/mol. The number of carbonyl (C=O) groups excluding carboxylic acids is 2. The lowest BCUT2D eigenvalue weighted by Gasteiger charge is -2.40. The summed E-state index contributed by atoms with van der Waals surface area (Å²) in [4.78, 5) is 29.6. The van der Waals surface area contributed by atoms with Gasteiger partial charge < -0.3 is 14.5 Å². The summed E-state index contributed by atoms with van der Waals surface area (Å²) in [5, 5.41) is 3.45. The SMILES string of the molecule is CC(C)(C)OC(=O)N1C2CCC1CC(CC(=O)N1CCc3c(C(F)(F)F)nn(CC4CCC(Cl)C=C4F)c3C1)C2. The molecule has 0 N–H and O–H groups in total. The van der Waals surface area contributed by atoms with E-state index in [-0.39, 0.29) is 68.0 Å². The van der Waals surface area contributed by atoms with Crippen LogP contribution >= 0.6 is 11.6 Å². The Morgan fingerprint density at radius 1 is 1.10 bits per heavy atom. The third-order valence-electron chi connectivity index (χ3n) is 8.57. The summed E-state index contributed by atoms with van der Waals surface area (Å²) in [6.07, 6.45) is 0.791. The molecule has 1 aliphatic carbocycles. The minimum absolute atomic E-state index is 0.0110. The molecular formula is C28H37ClF4N4O3. The molecule has 1 aromatic rings. The molecule has 0 radical (unpaired) electrons. The van der Waals surface area contributed by atoms with Crippen molar-refractivity contribution in [2.45, 2.75) is 114 Å². The van der Waals surface area contributed by atoms with E-state index in [2.05, 4.69) is 5.10 Å². The molecule has 2 amide bonds. The molecule has 0 saturated carbocycles. The number of amides is 2. The highest BCUT2D eigenvalue weighted by atomic mass is 35.5. The summed E-state index contributed by atoms with van der Waals surface area (Å²) >= 11 is 6.01. The van der Waals surface area contributed by atoms with Gasteiger partial charge in [0.1, 0.15) is 11.4 Å². The zero-order chi connectivity index (χ0) is 29.0. The van der Waals surface area contributed by atoms with E-state index in [0.29, 0.717) is 31.4 Å². The second-order valence-corrected chi connectivity index (χ2v) is 13.2. The van der Waals surface area contributed by atoms with Crippen LogP contribution in [0.4, 0.5) is 22.4 Å². The average Bonchev–Trinajstić information content (AvgIpc) is 3.34. The maximum Gasteiger partial charge on any atom is 0.435 e. The van der Waals surface area contributed by atoms with E-state index in [1.807, 2.05) is 25.7 Å². The van der Waals surface area contributed by atoms with Crippen molar-refractivity contribution in [3.05, 3.63) is 28.9 Å². The molecular weight excluding hydrogens is 552 g/mol. The van der Waals surface area contributed by atoms with Crippen LogP contribution in [0.3, 0.4) is 0 Å². The molecule has 12 heteroatoms. The van der Waals surface area contributed by atoms with Crippen LogP contribution < -0.4 is 0 Å². The molecule has 4 heterocycles. The molecule has 2 fully saturated rings. The number of halogens is 5. The number of hydrogen-bond acceptors (Lipinski definition) is 4. The predicted octanol–water partition coefficient (Wildman–Crippen LogP) is 6.23. The summed E-state index contributed by atoms with van der Waals surface area (Å²) in [7, 11) is 0. The number of allylic oxidation sites excluding steroid dienone is 2. The van der Waals surface area contributed by atoms with E-state index in [9.17, 15) is 27.2 Å². The number of rotatable bonds is 4. The topological polar surface area (TPSA) is 67.7 Å². The maximum atomic E-state index is 14.6. The van der Waals surface area contributed by atoms with Crippen LogP contribution in [0.1, 0.15) is 82.7 Å². The summed E-state index contributed by atoms with van der Waals surface area (Å²) in [5.74, 6) is -1.06. The highest BCUT2D eigenvalue weighted by Gasteiger charge is 2.46. The Hall–Kier alpha value is -2.30. The van der Waals surface area contributed by atoms with Gasteiger partial charge in [0.25, 0.3) is 0 Å². The van der Waals surface area contributed by atoms with Gasteiger partial charge >= 0.3 is 12.3 Å². The molecule has 4 unspecified atom stereocenters. The first-order valence-electron chi connectivity index (χ1n) is 14.2. The van der Waals surface area contributed by atoms with Crippen molar-refractivity contribution in [1.29, 1.82) is 0 Å². The van der Waals surface area contributed by atoms with Gasteiger partial charge in [-0.3, -0.25) is 9.48 Å². The zero-order valence-electron chi connectivity index (χ0n) is 23.1. The Morgan fingerprint density at radius 3 is 2.38 bits per heavy atom. The molecule has 5 rings (SSSR count). The first-order valence-corrected chi connectivity index (χ1v) is 14.6. The molecule has 7 nitrogen and oxygen atoms in total. The molecule has 3 aliphatic heterocycles. The number of ether oxygens (including phenoxy) is 1. The van der Waals surface area contributed by atoms with Gasteiger partial charge in [-0.05, 0) is 77.7 Å². The highest BCUT2D eigenvalue weighted by molar-refractivity contribution is 6.21. The van der Waals surface area contributed by atoms with Gasteiger partial charge in [-0.1, -0.05) is 0 Å². The fraction of sp³-hybridized carbons (Fsp3) is 0.750. The molecule has 2 saturated heterocycles. The Balaban J connectivity index is 1.27. The van der Waals surface area contributed by atoms with Gasteiger partial charge in [0.05, 0.1) is 24.2 Å². The van der Waals surface area contributed by atoms with E-state index >= 15 is 0 Å². The summed E-state index contributed by atoms with van der Waals surface area (Å²) < 4.78 is 62.9. The van der Waals surface area contributed by atoms with Gasteiger partial charge in [-0.2, -0.15) is 18.3 Å². The third kappa shape index (κ3) is 6.14. The summed E-state index contributed by atoms with van der Waals surface area (Å²) in [5.41, 5.74) is -1.11. The predicted molar refractivity (Wildman–Crippen MR) is 140 cm³/mol. The first-order chi connectivity index (χ1) is 18.7. The Morgan fingerprint density at radius 2 is 1.77 bits per heavy atom. The highest BCUT2D eigenvalue weighted by Crippen LogP contribution is 2.42. The smallest absolute Gasteiger partial charge is 0.435 e. The molecule has 4 aliphatic rings. The van der Waals surface area contributed by atoms with Crippen LogP contribution in [0.15, 0.2) is 11.9 Å².